The normalized spacial score (nSPS) is 17.3. The molecule has 1 fully saturated rings. The number of hydrogen-bond acceptors (Lipinski definition) is 6. The van der Waals surface area contributed by atoms with Crippen molar-refractivity contribution < 1.29 is 4.39 Å². The molecule has 2 aliphatic rings. The summed E-state index contributed by atoms with van der Waals surface area (Å²) in [6, 6.07) is 8.94. The molecular weight excluding hydrogens is 465 g/mol. The van der Waals surface area contributed by atoms with E-state index in [4.69, 9.17) is 4.98 Å². The van der Waals surface area contributed by atoms with Gasteiger partial charge in [-0.1, -0.05) is 0 Å². The first-order valence-corrected chi connectivity index (χ1v) is 11.9. The lowest BCUT2D eigenvalue weighted by Gasteiger charge is -2.36. The molecule has 0 aliphatic carbocycles. The van der Waals surface area contributed by atoms with Crippen LogP contribution in [0.1, 0.15) is 16.1 Å². The van der Waals surface area contributed by atoms with Crippen molar-refractivity contribution in [1.29, 1.82) is 0 Å². The Hall–Kier alpha value is -2.03. The molecule has 0 radical (unpaired) electrons. The minimum absolute atomic E-state index is 0.193. The van der Waals surface area contributed by atoms with Gasteiger partial charge in [0.1, 0.15) is 5.82 Å². The molecule has 4 heterocycles. The minimum atomic E-state index is -0.193. The Labute approximate surface area is 188 Å². The number of piperazine rings is 1. The zero-order valence-corrected chi connectivity index (χ0v) is 19.0. The van der Waals surface area contributed by atoms with Crippen molar-refractivity contribution in [3.8, 4) is 0 Å². The number of benzene rings is 1. The second-order valence-electron chi connectivity index (χ2n) is 7.78. The van der Waals surface area contributed by atoms with Gasteiger partial charge in [0, 0.05) is 84.4 Å². The van der Waals surface area contributed by atoms with Gasteiger partial charge in [-0.2, -0.15) is 0 Å². The summed E-state index contributed by atoms with van der Waals surface area (Å²) in [6.07, 6.45) is 2.98. The highest BCUT2D eigenvalue weighted by Gasteiger charge is 2.23. The number of nitrogens with zero attached hydrogens (tertiary/aromatic N) is 5. The molecule has 1 saturated heterocycles. The summed E-state index contributed by atoms with van der Waals surface area (Å²) in [5.74, 6) is 0.643. The monoisotopic (exact) mass is 487 g/mol. The molecule has 0 N–H and O–H groups in total. The SMILES string of the molecule is Fc1ccc(N2CCN(c3ncc4c(n3)CCN(Cc3cc(Br)cs3)C4)CC2)cc1. The third-order valence-electron chi connectivity index (χ3n) is 5.76. The third kappa shape index (κ3) is 4.36. The smallest absolute Gasteiger partial charge is 0.225 e. The Balaban J connectivity index is 1.21. The summed E-state index contributed by atoms with van der Waals surface area (Å²) < 4.78 is 14.3. The Kier molecular flexibility index (Phi) is 5.71. The minimum Gasteiger partial charge on any atom is -0.368 e. The highest BCUT2D eigenvalue weighted by molar-refractivity contribution is 9.10. The van der Waals surface area contributed by atoms with Crippen LogP contribution in [-0.2, 0) is 19.5 Å². The quantitative estimate of drug-likeness (QED) is 0.547. The zero-order valence-electron chi connectivity index (χ0n) is 16.6. The van der Waals surface area contributed by atoms with Crippen molar-refractivity contribution in [3.05, 3.63) is 68.3 Å². The molecule has 0 amide bonds. The molecule has 0 saturated carbocycles. The maximum atomic E-state index is 13.2. The van der Waals surface area contributed by atoms with Crippen LogP contribution < -0.4 is 9.80 Å². The summed E-state index contributed by atoms with van der Waals surface area (Å²) in [4.78, 5) is 18.0. The Morgan fingerprint density at radius 3 is 2.53 bits per heavy atom. The highest BCUT2D eigenvalue weighted by Crippen LogP contribution is 2.25. The third-order valence-corrected chi connectivity index (χ3v) is 7.44. The summed E-state index contributed by atoms with van der Waals surface area (Å²) >= 11 is 5.33. The number of hydrogen-bond donors (Lipinski definition) is 0. The lowest BCUT2D eigenvalue weighted by Crippen LogP contribution is -2.47. The molecule has 0 unspecified atom stereocenters. The molecule has 0 atom stereocenters. The molecule has 0 bridgehead atoms. The van der Waals surface area contributed by atoms with E-state index in [2.05, 4.69) is 47.1 Å². The molecule has 2 aliphatic heterocycles. The Morgan fingerprint density at radius 2 is 1.80 bits per heavy atom. The maximum Gasteiger partial charge on any atom is 0.225 e. The van der Waals surface area contributed by atoms with Gasteiger partial charge in [-0.05, 0) is 46.3 Å². The number of thiophene rings is 1. The van der Waals surface area contributed by atoms with Crippen molar-refractivity contribution in [2.75, 3.05) is 42.5 Å². The van der Waals surface area contributed by atoms with E-state index >= 15 is 0 Å². The van der Waals surface area contributed by atoms with Crippen molar-refractivity contribution in [2.45, 2.75) is 19.5 Å². The highest BCUT2D eigenvalue weighted by atomic mass is 79.9. The van der Waals surface area contributed by atoms with Gasteiger partial charge >= 0.3 is 0 Å². The maximum absolute atomic E-state index is 13.2. The van der Waals surface area contributed by atoms with Gasteiger partial charge in [0.05, 0.1) is 5.69 Å². The van der Waals surface area contributed by atoms with Crippen LogP contribution in [0.4, 0.5) is 16.0 Å². The summed E-state index contributed by atoms with van der Waals surface area (Å²) in [6.45, 7) is 6.42. The molecule has 3 aromatic rings. The predicted molar refractivity (Wildman–Crippen MR) is 123 cm³/mol. The summed E-state index contributed by atoms with van der Waals surface area (Å²) in [7, 11) is 0. The number of aromatic nitrogens is 2. The molecule has 0 spiro atoms. The fourth-order valence-electron chi connectivity index (χ4n) is 4.13. The van der Waals surface area contributed by atoms with Crippen LogP contribution in [0.5, 0.6) is 0 Å². The van der Waals surface area contributed by atoms with Crippen LogP contribution in [0.15, 0.2) is 46.4 Å². The standard InChI is InChI=1S/C22H23BrFN5S/c23-17-11-20(30-15-17)14-27-6-5-21-16(13-27)12-25-22(26-21)29-9-7-28(8-10-29)19-3-1-18(24)2-4-19/h1-4,11-12,15H,5-10,13-14H2. The predicted octanol–water partition coefficient (Wildman–Crippen LogP) is 4.32. The Bertz CT molecular complexity index is 1020. The molecule has 30 heavy (non-hydrogen) atoms. The van der Waals surface area contributed by atoms with E-state index in [-0.39, 0.29) is 5.82 Å². The van der Waals surface area contributed by atoms with Crippen LogP contribution in [0.25, 0.3) is 0 Å². The van der Waals surface area contributed by atoms with Gasteiger partial charge < -0.3 is 9.80 Å². The number of anilines is 2. The van der Waals surface area contributed by atoms with Gasteiger partial charge in [-0.3, -0.25) is 4.90 Å². The van der Waals surface area contributed by atoms with E-state index in [9.17, 15) is 4.39 Å². The van der Waals surface area contributed by atoms with Gasteiger partial charge in [0.25, 0.3) is 0 Å². The molecule has 5 nitrogen and oxygen atoms in total. The lowest BCUT2D eigenvalue weighted by atomic mass is 10.1. The second-order valence-corrected chi connectivity index (χ2v) is 9.70. The van der Waals surface area contributed by atoms with Crippen molar-refractivity contribution >= 4 is 38.9 Å². The number of fused-ring (bicyclic) bond motifs is 1. The molecule has 5 rings (SSSR count). The number of rotatable bonds is 4. The van der Waals surface area contributed by atoms with Crippen LogP contribution in [-0.4, -0.2) is 47.6 Å². The van der Waals surface area contributed by atoms with Gasteiger partial charge in [-0.25, -0.2) is 14.4 Å². The topological polar surface area (TPSA) is 35.5 Å². The van der Waals surface area contributed by atoms with Crippen LogP contribution in [0, 0.1) is 5.82 Å². The van der Waals surface area contributed by atoms with E-state index in [0.717, 1.165) is 68.3 Å². The summed E-state index contributed by atoms with van der Waals surface area (Å²) in [5.41, 5.74) is 3.50. The average molecular weight is 488 g/mol. The van der Waals surface area contributed by atoms with E-state index in [1.165, 1.54) is 28.3 Å². The van der Waals surface area contributed by atoms with Crippen molar-refractivity contribution in [2.24, 2.45) is 0 Å². The first kappa shape index (κ1) is 19.9. The van der Waals surface area contributed by atoms with Gasteiger partial charge in [-0.15, -0.1) is 11.3 Å². The van der Waals surface area contributed by atoms with Crippen LogP contribution in [0.2, 0.25) is 0 Å². The lowest BCUT2D eigenvalue weighted by molar-refractivity contribution is 0.245. The van der Waals surface area contributed by atoms with Crippen LogP contribution in [0.3, 0.4) is 0 Å². The summed E-state index contributed by atoms with van der Waals surface area (Å²) in [5, 5.41) is 2.14. The average Bonchev–Trinajstić information content (AvgIpc) is 3.18. The van der Waals surface area contributed by atoms with E-state index < -0.39 is 0 Å². The van der Waals surface area contributed by atoms with Gasteiger partial charge in [0.2, 0.25) is 5.95 Å². The Morgan fingerprint density at radius 1 is 1.03 bits per heavy atom. The first-order chi connectivity index (χ1) is 14.6. The van der Waals surface area contributed by atoms with Gasteiger partial charge in [0.15, 0.2) is 0 Å². The van der Waals surface area contributed by atoms with Crippen LogP contribution >= 0.6 is 27.3 Å². The largest absolute Gasteiger partial charge is 0.368 e. The molecular formula is C22H23BrFN5S. The van der Waals surface area contributed by atoms with E-state index in [1.807, 2.05) is 18.3 Å². The fourth-order valence-corrected chi connectivity index (χ4v) is 5.62. The van der Waals surface area contributed by atoms with Crippen molar-refractivity contribution in [3.63, 3.8) is 0 Å². The molecule has 2 aromatic heterocycles. The first-order valence-electron chi connectivity index (χ1n) is 10.2. The zero-order chi connectivity index (χ0) is 20.5. The molecule has 1 aromatic carbocycles. The number of halogens is 2. The molecule has 156 valence electrons. The fraction of sp³-hybridized carbons (Fsp3) is 0.364. The van der Waals surface area contributed by atoms with Crippen molar-refractivity contribution in [1.82, 2.24) is 14.9 Å². The molecule has 8 heteroatoms. The second kappa shape index (κ2) is 8.61. The van der Waals surface area contributed by atoms with E-state index in [0.29, 0.717) is 0 Å². The van der Waals surface area contributed by atoms with E-state index in [1.54, 1.807) is 11.3 Å².